The van der Waals surface area contributed by atoms with Gasteiger partial charge in [-0.3, -0.25) is 9.59 Å². The monoisotopic (exact) mass is 555 g/mol. The topological polar surface area (TPSA) is 96.9 Å². The normalized spacial score (nSPS) is 16.3. The minimum absolute atomic E-state index is 0.0116. The van der Waals surface area contributed by atoms with Gasteiger partial charge in [-0.2, -0.15) is 0 Å². The number of halogens is 2. The number of methoxy groups -OCH3 is 1. The average molecular weight is 556 g/mol. The molecule has 0 unspecified atom stereocenters. The molecule has 0 atom stereocenters. The minimum atomic E-state index is -0.516. The van der Waals surface area contributed by atoms with E-state index in [2.05, 4.69) is 15.3 Å². The van der Waals surface area contributed by atoms with E-state index >= 15 is 0 Å². The van der Waals surface area contributed by atoms with Crippen LogP contribution in [0, 0.1) is 11.7 Å². The van der Waals surface area contributed by atoms with Crippen LogP contribution in [-0.2, 0) is 9.59 Å². The highest BCUT2D eigenvalue weighted by Crippen LogP contribution is 2.35. The lowest BCUT2D eigenvalue weighted by Gasteiger charge is -2.35. The van der Waals surface area contributed by atoms with E-state index in [1.54, 1.807) is 23.1 Å². The van der Waals surface area contributed by atoms with Gasteiger partial charge in [0.15, 0.2) is 18.1 Å². The third-order valence-electron chi connectivity index (χ3n) is 7.32. The second kappa shape index (κ2) is 12.0. The fourth-order valence-electron chi connectivity index (χ4n) is 5.13. The molecular formula is C28H31ClFN5O4. The van der Waals surface area contributed by atoms with Gasteiger partial charge in [0.05, 0.1) is 17.6 Å². The number of carbonyl (C=O) groups excluding carboxylic acids is 2. The van der Waals surface area contributed by atoms with Crippen LogP contribution in [0.5, 0.6) is 11.5 Å². The number of hydrogen-bond donors (Lipinski definition) is 1. The number of hydrogen-bond acceptors (Lipinski definition) is 7. The van der Waals surface area contributed by atoms with Crippen LogP contribution in [0.3, 0.4) is 0 Å². The Morgan fingerprint density at radius 2 is 1.79 bits per heavy atom. The maximum absolute atomic E-state index is 13.6. The van der Waals surface area contributed by atoms with Crippen LogP contribution < -0.4 is 14.8 Å². The van der Waals surface area contributed by atoms with Gasteiger partial charge < -0.3 is 24.6 Å². The lowest BCUT2D eigenvalue weighted by Crippen LogP contribution is -2.46. The van der Waals surface area contributed by atoms with Crippen LogP contribution in [0.2, 0.25) is 5.02 Å². The zero-order chi connectivity index (χ0) is 27.4. The Labute approximate surface area is 231 Å². The lowest BCUT2D eigenvalue weighted by atomic mass is 9.94. The van der Waals surface area contributed by atoms with Crippen molar-refractivity contribution in [3.05, 3.63) is 47.5 Å². The maximum Gasteiger partial charge on any atom is 0.260 e. The van der Waals surface area contributed by atoms with E-state index in [0.29, 0.717) is 59.8 Å². The van der Waals surface area contributed by atoms with Gasteiger partial charge in [-0.15, -0.1) is 0 Å². The third-order valence-corrected chi connectivity index (χ3v) is 7.61. The number of nitrogens with one attached hydrogen (secondary N) is 1. The molecular weight excluding hydrogens is 525 g/mol. The van der Waals surface area contributed by atoms with E-state index in [4.69, 9.17) is 21.1 Å². The summed E-state index contributed by atoms with van der Waals surface area (Å²) in [6, 6.07) is 7.70. The fourth-order valence-corrected chi connectivity index (χ4v) is 5.31. The predicted octanol–water partition coefficient (Wildman–Crippen LogP) is 4.80. The molecule has 0 saturated carbocycles. The van der Waals surface area contributed by atoms with Crippen LogP contribution in [0.4, 0.5) is 15.9 Å². The van der Waals surface area contributed by atoms with Crippen molar-refractivity contribution < 1.29 is 23.5 Å². The highest BCUT2D eigenvalue weighted by atomic mass is 35.5. The van der Waals surface area contributed by atoms with Gasteiger partial charge in [0.2, 0.25) is 5.91 Å². The SMILES string of the molecule is COc1cc2ncnc(Nc3ccc(F)c(Cl)c3)c2cc1OCC(=O)N1CCC(C(=O)N2CCCCC2)CC1. The molecule has 0 spiro atoms. The predicted molar refractivity (Wildman–Crippen MR) is 146 cm³/mol. The molecule has 39 heavy (non-hydrogen) atoms. The number of ether oxygens (including phenoxy) is 2. The molecule has 3 heterocycles. The van der Waals surface area contributed by atoms with E-state index in [1.807, 2.05) is 4.90 Å². The lowest BCUT2D eigenvalue weighted by molar-refractivity contribution is -0.142. The molecule has 3 aromatic rings. The molecule has 2 saturated heterocycles. The Balaban J connectivity index is 1.24. The average Bonchev–Trinajstić information content (AvgIpc) is 2.97. The molecule has 206 valence electrons. The summed E-state index contributed by atoms with van der Waals surface area (Å²) in [6.07, 6.45) is 6.07. The van der Waals surface area contributed by atoms with Crippen LogP contribution >= 0.6 is 11.6 Å². The minimum Gasteiger partial charge on any atom is -0.493 e. The third kappa shape index (κ3) is 6.16. The van der Waals surface area contributed by atoms with E-state index in [0.717, 1.165) is 25.9 Å². The first-order valence-electron chi connectivity index (χ1n) is 13.2. The zero-order valence-corrected chi connectivity index (χ0v) is 22.5. The number of anilines is 2. The van der Waals surface area contributed by atoms with E-state index in [-0.39, 0.29) is 29.4 Å². The van der Waals surface area contributed by atoms with Crippen molar-refractivity contribution in [3.8, 4) is 11.5 Å². The molecule has 9 nitrogen and oxygen atoms in total. The summed E-state index contributed by atoms with van der Waals surface area (Å²) in [5, 5.41) is 3.74. The first kappa shape index (κ1) is 26.9. The number of benzene rings is 2. The van der Waals surface area contributed by atoms with Crippen LogP contribution in [0.15, 0.2) is 36.7 Å². The van der Waals surface area contributed by atoms with Gasteiger partial charge in [-0.05, 0) is 56.4 Å². The van der Waals surface area contributed by atoms with Crippen LogP contribution in [0.25, 0.3) is 10.9 Å². The molecule has 2 fully saturated rings. The van der Waals surface area contributed by atoms with Crippen molar-refractivity contribution >= 4 is 45.8 Å². The van der Waals surface area contributed by atoms with Crippen LogP contribution in [-0.4, -0.2) is 71.5 Å². The summed E-state index contributed by atoms with van der Waals surface area (Å²) < 4.78 is 25.0. The first-order chi connectivity index (χ1) is 18.9. The highest BCUT2D eigenvalue weighted by Gasteiger charge is 2.31. The van der Waals surface area contributed by atoms with Gasteiger partial charge >= 0.3 is 0 Å². The Morgan fingerprint density at radius 3 is 2.51 bits per heavy atom. The molecule has 2 aromatic carbocycles. The van der Waals surface area contributed by atoms with Crippen molar-refractivity contribution in [2.45, 2.75) is 32.1 Å². The van der Waals surface area contributed by atoms with Gasteiger partial charge in [-0.1, -0.05) is 11.6 Å². The van der Waals surface area contributed by atoms with Crippen molar-refractivity contribution in [1.29, 1.82) is 0 Å². The standard InChI is InChI=1S/C28H31ClFN5O4/c1-38-24-15-23-20(27(32-17-31-23)33-19-5-6-22(30)21(29)13-19)14-25(24)39-16-26(36)34-11-7-18(8-12-34)28(37)35-9-3-2-4-10-35/h5-6,13-15,17-18H,2-4,7-12,16H2,1H3,(H,31,32,33). The highest BCUT2D eigenvalue weighted by molar-refractivity contribution is 6.31. The van der Waals surface area contributed by atoms with Gasteiger partial charge in [-0.25, -0.2) is 14.4 Å². The second-order valence-corrected chi connectivity index (χ2v) is 10.2. The maximum atomic E-state index is 13.6. The Hall–Kier alpha value is -3.66. The molecule has 0 radical (unpaired) electrons. The van der Waals surface area contributed by atoms with Gasteiger partial charge in [0.25, 0.3) is 5.91 Å². The van der Waals surface area contributed by atoms with Gasteiger partial charge in [0, 0.05) is 49.2 Å². The molecule has 5 rings (SSSR count). The van der Waals surface area contributed by atoms with Gasteiger partial charge in [0.1, 0.15) is 18.0 Å². The number of piperidine rings is 2. The fraction of sp³-hybridized carbons (Fsp3) is 0.429. The number of carbonyl (C=O) groups is 2. The smallest absolute Gasteiger partial charge is 0.260 e. The number of nitrogens with zero attached hydrogens (tertiary/aromatic N) is 4. The molecule has 2 aliphatic heterocycles. The van der Waals surface area contributed by atoms with E-state index in [1.165, 1.54) is 32.0 Å². The Bertz CT molecular complexity index is 1360. The van der Waals surface area contributed by atoms with Crippen molar-refractivity contribution in [1.82, 2.24) is 19.8 Å². The molecule has 11 heteroatoms. The molecule has 2 aliphatic rings. The zero-order valence-electron chi connectivity index (χ0n) is 21.8. The largest absolute Gasteiger partial charge is 0.493 e. The number of fused-ring (bicyclic) bond motifs is 1. The second-order valence-electron chi connectivity index (χ2n) is 9.83. The number of aromatic nitrogens is 2. The number of rotatable bonds is 7. The Morgan fingerprint density at radius 1 is 1.03 bits per heavy atom. The Kier molecular flexibility index (Phi) is 8.30. The van der Waals surface area contributed by atoms with E-state index < -0.39 is 5.82 Å². The molecule has 1 N–H and O–H groups in total. The summed E-state index contributed by atoms with van der Waals surface area (Å²) in [6.45, 7) is 2.59. The van der Waals surface area contributed by atoms with Crippen molar-refractivity contribution in [3.63, 3.8) is 0 Å². The molecule has 0 bridgehead atoms. The molecule has 1 aromatic heterocycles. The molecule has 2 amide bonds. The van der Waals surface area contributed by atoms with E-state index in [9.17, 15) is 14.0 Å². The first-order valence-corrected chi connectivity index (χ1v) is 13.5. The van der Waals surface area contributed by atoms with Crippen molar-refractivity contribution in [2.75, 3.05) is 45.2 Å². The summed E-state index contributed by atoms with van der Waals surface area (Å²) in [5.74, 6) is 0.799. The van der Waals surface area contributed by atoms with Crippen LogP contribution in [0.1, 0.15) is 32.1 Å². The quantitative estimate of drug-likeness (QED) is 0.447. The number of amides is 2. The summed E-state index contributed by atoms with van der Waals surface area (Å²) >= 11 is 5.92. The number of likely N-dealkylation sites (tertiary alicyclic amines) is 2. The summed E-state index contributed by atoms with van der Waals surface area (Å²) in [5.41, 5.74) is 1.15. The summed E-state index contributed by atoms with van der Waals surface area (Å²) in [7, 11) is 1.51. The van der Waals surface area contributed by atoms with Crippen molar-refractivity contribution in [2.24, 2.45) is 5.92 Å². The summed E-state index contributed by atoms with van der Waals surface area (Å²) in [4.78, 5) is 38.2. The molecule has 0 aliphatic carbocycles.